The summed E-state index contributed by atoms with van der Waals surface area (Å²) in [5.41, 5.74) is 1.87. The number of aromatic nitrogens is 1. The molecule has 8 heteroatoms. The fraction of sp³-hybridized carbons (Fsp3) is 0.250. The molecule has 0 aliphatic carbocycles. The number of para-hydroxylation sites is 2. The SMILES string of the molecule is COc1ccc(NC(=O)[C@@H](C)OC(=O)CCc2nc3ccccc3o2)cc1Cl. The van der Waals surface area contributed by atoms with Crippen molar-refractivity contribution < 1.29 is 23.5 Å². The number of hydrogen-bond donors (Lipinski definition) is 1. The van der Waals surface area contributed by atoms with Crippen LogP contribution in [0.2, 0.25) is 5.02 Å². The Morgan fingerprint density at radius 2 is 2.04 bits per heavy atom. The highest BCUT2D eigenvalue weighted by molar-refractivity contribution is 6.32. The topological polar surface area (TPSA) is 90.7 Å². The van der Waals surface area contributed by atoms with Gasteiger partial charge in [0.25, 0.3) is 5.91 Å². The number of benzene rings is 2. The molecule has 28 heavy (non-hydrogen) atoms. The Balaban J connectivity index is 1.50. The van der Waals surface area contributed by atoms with Crippen molar-refractivity contribution in [1.82, 2.24) is 4.98 Å². The molecule has 0 radical (unpaired) electrons. The van der Waals surface area contributed by atoms with Gasteiger partial charge < -0.3 is 19.2 Å². The van der Waals surface area contributed by atoms with Gasteiger partial charge in [-0.3, -0.25) is 9.59 Å². The van der Waals surface area contributed by atoms with Crippen molar-refractivity contribution >= 4 is 40.3 Å². The second-order valence-corrected chi connectivity index (χ2v) is 6.45. The Kier molecular flexibility index (Phi) is 6.16. The van der Waals surface area contributed by atoms with E-state index in [2.05, 4.69) is 10.3 Å². The van der Waals surface area contributed by atoms with Crippen molar-refractivity contribution in [2.24, 2.45) is 0 Å². The van der Waals surface area contributed by atoms with E-state index in [1.165, 1.54) is 14.0 Å². The summed E-state index contributed by atoms with van der Waals surface area (Å²) in [6.45, 7) is 1.50. The van der Waals surface area contributed by atoms with Gasteiger partial charge in [-0.1, -0.05) is 23.7 Å². The van der Waals surface area contributed by atoms with Crippen LogP contribution in [0.15, 0.2) is 46.9 Å². The lowest BCUT2D eigenvalue weighted by Gasteiger charge is -2.14. The van der Waals surface area contributed by atoms with Crippen molar-refractivity contribution in [2.75, 3.05) is 12.4 Å². The lowest BCUT2D eigenvalue weighted by Crippen LogP contribution is -2.30. The number of ether oxygens (including phenoxy) is 2. The smallest absolute Gasteiger partial charge is 0.307 e. The maximum atomic E-state index is 12.2. The molecule has 7 nitrogen and oxygen atoms in total. The second kappa shape index (κ2) is 8.75. The normalized spacial score (nSPS) is 11.8. The van der Waals surface area contributed by atoms with Crippen LogP contribution in [0.5, 0.6) is 5.75 Å². The number of rotatable bonds is 7. The zero-order valence-electron chi connectivity index (χ0n) is 15.4. The van der Waals surface area contributed by atoms with Crippen LogP contribution in [0.25, 0.3) is 11.1 Å². The van der Waals surface area contributed by atoms with Crippen LogP contribution in [0, 0.1) is 0 Å². The summed E-state index contributed by atoms with van der Waals surface area (Å²) in [5.74, 6) is -0.0319. The number of aryl methyl sites for hydroxylation is 1. The number of oxazole rings is 1. The van der Waals surface area contributed by atoms with Gasteiger partial charge in [0.1, 0.15) is 11.3 Å². The highest BCUT2D eigenvalue weighted by Crippen LogP contribution is 2.27. The Labute approximate surface area is 166 Å². The van der Waals surface area contributed by atoms with Crippen molar-refractivity contribution in [3.05, 3.63) is 53.4 Å². The maximum absolute atomic E-state index is 12.2. The van der Waals surface area contributed by atoms with Gasteiger partial charge in [-0.05, 0) is 37.3 Å². The third-order valence-corrected chi connectivity index (χ3v) is 4.27. The molecular weight excluding hydrogens is 384 g/mol. The minimum Gasteiger partial charge on any atom is -0.495 e. The first kappa shape index (κ1) is 19.7. The molecule has 0 saturated carbocycles. The van der Waals surface area contributed by atoms with Crippen LogP contribution >= 0.6 is 11.6 Å². The van der Waals surface area contributed by atoms with E-state index in [1.54, 1.807) is 18.2 Å². The molecule has 1 N–H and O–H groups in total. The van der Waals surface area contributed by atoms with Crippen LogP contribution in [0.1, 0.15) is 19.2 Å². The summed E-state index contributed by atoms with van der Waals surface area (Å²) in [6.07, 6.45) is -0.619. The molecule has 0 fully saturated rings. The number of hydrogen-bond acceptors (Lipinski definition) is 6. The van der Waals surface area contributed by atoms with Crippen molar-refractivity contribution in [1.29, 1.82) is 0 Å². The summed E-state index contributed by atoms with van der Waals surface area (Å²) >= 11 is 6.03. The molecule has 3 rings (SSSR count). The van der Waals surface area contributed by atoms with E-state index in [4.69, 9.17) is 25.5 Å². The summed E-state index contributed by atoms with van der Waals surface area (Å²) in [7, 11) is 1.50. The predicted molar refractivity (Wildman–Crippen MR) is 105 cm³/mol. The molecular formula is C20H19ClN2O5. The molecule has 1 aromatic heterocycles. The number of amides is 1. The van der Waals surface area contributed by atoms with Crippen LogP contribution in [0.3, 0.4) is 0 Å². The first-order valence-corrected chi connectivity index (χ1v) is 9.02. The first-order chi connectivity index (χ1) is 13.5. The first-order valence-electron chi connectivity index (χ1n) is 8.64. The number of halogens is 1. The number of carbonyl (C=O) groups excluding carboxylic acids is 2. The monoisotopic (exact) mass is 402 g/mol. The number of nitrogens with one attached hydrogen (secondary N) is 1. The standard InChI is InChI=1S/C20H19ClN2O5/c1-12(20(25)22-13-7-8-16(26-2)14(21)11-13)27-19(24)10-9-18-23-15-5-3-4-6-17(15)28-18/h3-8,11-12H,9-10H2,1-2H3,(H,22,25)/t12-/m1/s1. The van der Waals surface area contributed by atoms with Crippen LogP contribution < -0.4 is 10.1 Å². The van der Waals surface area contributed by atoms with E-state index in [0.29, 0.717) is 27.9 Å². The average molecular weight is 403 g/mol. The molecule has 1 amide bonds. The van der Waals surface area contributed by atoms with Gasteiger partial charge in [-0.15, -0.1) is 0 Å². The highest BCUT2D eigenvalue weighted by atomic mass is 35.5. The molecule has 0 aliphatic heterocycles. The third kappa shape index (κ3) is 4.80. The van der Waals surface area contributed by atoms with Gasteiger partial charge in [0, 0.05) is 12.1 Å². The van der Waals surface area contributed by atoms with Crippen LogP contribution in [-0.2, 0) is 20.7 Å². The predicted octanol–water partition coefficient (Wildman–Crippen LogP) is 3.99. The largest absolute Gasteiger partial charge is 0.495 e. The molecule has 1 atom stereocenters. The van der Waals surface area contributed by atoms with Crippen LogP contribution in [0.4, 0.5) is 5.69 Å². The molecule has 0 aliphatic rings. The Morgan fingerprint density at radius 3 is 2.75 bits per heavy atom. The fourth-order valence-electron chi connectivity index (χ4n) is 2.53. The zero-order chi connectivity index (χ0) is 20.1. The van der Waals surface area contributed by atoms with E-state index >= 15 is 0 Å². The minimum atomic E-state index is -0.961. The minimum absolute atomic E-state index is 0.0544. The van der Waals surface area contributed by atoms with Crippen molar-refractivity contribution in [3.8, 4) is 5.75 Å². The van der Waals surface area contributed by atoms with Gasteiger partial charge >= 0.3 is 5.97 Å². The molecule has 146 valence electrons. The van der Waals surface area contributed by atoms with E-state index < -0.39 is 18.0 Å². The second-order valence-electron chi connectivity index (χ2n) is 6.05. The maximum Gasteiger partial charge on any atom is 0.307 e. The number of anilines is 1. The molecule has 0 spiro atoms. The lowest BCUT2D eigenvalue weighted by atomic mass is 10.2. The highest BCUT2D eigenvalue weighted by Gasteiger charge is 2.19. The zero-order valence-corrected chi connectivity index (χ0v) is 16.2. The number of fused-ring (bicyclic) bond motifs is 1. The van der Waals surface area contributed by atoms with Crippen molar-refractivity contribution in [3.63, 3.8) is 0 Å². The molecule has 0 bridgehead atoms. The summed E-state index contributed by atoms with van der Waals surface area (Å²) < 4.78 is 15.8. The summed E-state index contributed by atoms with van der Waals surface area (Å²) in [5, 5.41) is 3.01. The number of nitrogens with zero attached hydrogens (tertiary/aromatic N) is 1. The summed E-state index contributed by atoms with van der Waals surface area (Å²) in [6, 6.07) is 12.2. The van der Waals surface area contributed by atoms with Gasteiger partial charge in [0.15, 0.2) is 17.6 Å². The number of methoxy groups -OCH3 is 1. The van der Waals surface area contributed by atoms with E-state index in [-0.39, 0.29) is 12.8 Å². The molecule has 1 heterocycles. The average Bonchev–Trinajstić information content (AvgIpc) is 3.09. The Bertz CT molecular complexity index is 968. The van der Waals surface area contributed by atoms with Crippen LogP contribution in [-0.4, -0.2) is 30.1 Å². The lowest BCUT2D eigenvalue weighted by molar-refractivity contribution is -0.153. The molecule has 2 aromatic carbocycles. The number of esters is 1. The van der Waals surface area contributed by atoms with Gasteiger partial charge in [0.05, 0.1) is 18.6 Å². The van der Waals surface area contributed by atoms with Crippen molar-refractivity contribution in [2.45, 2.75) is 25.9 Å². The van der Waals surface area contributed by atoms with E-state index in [1.807, 2.05) is 24.3 Å². The number of carbonyl (C=O) groups is 2. The summed E-state index contributed by atoms with van der Waals surface area (Å²) in [4.78, 5) is 28.5. The Morgan fingerprint density at radius 1 is 1.25 bits per heavy atom. The fourth-order valence-corrected chi connectivity index (χ4v) is 2.79. The van der Waals surface area contributed by atoms with Gasteiger partial charge in [-0.2, -0.15) is 0 Å². The van der Waals surface area contributed by atoms with E-state index in [9.17, 15) is 9.59 Å². The quantitative estimate of drug-likeness (QED) is 0.601. The molecule has 0 unspecified atom stereocenters. The molecule has 0 saturated heterocycles. The Hall–Kier alpha value is -3.06. The molecule has 3 aromatic rings. The third-order valence-electron chi connectivity index (χ3n) is 3.98. The van der Waals surface area contributed by atoms with Gasteiger partial charge in [-0.25, -0.2) is 4.98 Å². The van der Waals surface area contributed by atoms with Gasteiger partial charge in [0.2, 0.25) is 0 Å². The van der Waals surface area contributed by atoms with E-state index in [0.717, 1.165) is 5.52 Å².